The average molecular weight is 481 g/mol. The maximum absolute atomic E-state index is 13.2. The first-order valence-corrected chi connectivity index (χ1v) is 11.8. The molecule has 1 fully saturated rings. The van der Waals surface area contributed by atoms with Gasteiger partial charge >= 0.3 is 12.1 Å². The summed E-state index contributed by atoms with van der Waals surface area (Å²) in [5.74, 6) is -2.00. The van der Waals surface area contributed by atoms with Crippen LogP contribution in [0, 0.1) is 11.3 Å². The number of carboxylic acids is 1. The Hall–Kier alpha value is -3.39. The highest BCUT2D eigenvalue weighted by molar-refractivity contribution is 5.87. The topological polar surface area (TPSA) is 105 Å². The number of alkyl carbamates (subject to hydrolysis) is 1. The summed E-state index contributed by atoms with van der Waals surface area (Å²) in [4.78, 5) is 39.2. The van der Waals surface area contributed by atoms with E-state index in [0.717, 1.165) is 22.3 Å². The van der Waals surface area contributed by atoms with Gasteiger partial charge in [0.2, 0.25) is 5.91 Å². The highest BCUT2D eigenvalue weighted by atomic mass is 16.5. The summed E-state index contributed by atoms with van der Waals surface area (Å²) >= 11 is 0. The van der Waals surface area contributed by atoms with Crippen LogP contribution in [0.3, 0.4) is 0 Å². The minimum Gasteiger partial charge on any atom is -0.481 e. The molecule has 2 unspecified atom stereocenters. The maximum atomic E-state index is 13.2. The number of aliphatic carboxylic acids is 1. The first-order chi connectivity index (χ1) is 16.7. The minimum atomic E-state index is -0.928. The van der Waals surface area contributed by atoms with Gasteiger partial charge < -0.3 is 24.8 Å². The standard InChI is InChI=1S/C27H32N2O6/c1-27(2)16-29(14-22(27)25(31)32)24(30)23(12-13-34-3)28-26(33)35-15-21-19-10-6-4-8-17(19)18-9-5-7-11-20(18)21/h4-11,21-23H,12-16H2,1-3H3,(H,28,33)(H,31,32). The third-order valence-electron chi connectivity index (χ3n) is 7.10. The second-order valence-electron chi connectivity index (χ2n) is 9.90. The highest BCUT2D eigenvalue weighted by Gasteiger charge is 2.46. The van der Waals surface area contributed by atoms with E-state index in [4.69, 9.17) is 9.47 Å². The van der Waals surface area contributed by atoms with Crippen LogP contribution in [0.25, 0.3) is 11.1 Å². The number of carboxylic acid groups (broad SMARTS) is 1. The van der Waals surface area contributed by atoms with Crippen molar-refractivity contribution < 1.29 is 29.0 Å². The third kappa shape index (κ3) is 5.03. The van der Waals surface area contributed by atoms with E-state index in [9.17, 15) is 19.5 Å². The van der Waals surface area contributed by atoms with Gasteiger partial charge in [0.15, 0.2) is 0 Å². The van der Waals surface area contributed by atoms with Crippen LogP contribution in [0.1, 0.15) is 37.3 Å². The summed E-state index contributed by atoms with van der Waals surface area (Å²) in [7, 11) is 1.52. The fourth-order valence-electron chi connectivity index (χ4n) is 5.21. The molecule has 2 aromatic rings. The average Bonchev–Trinajstić information content (AvgIpc) is 3.34. The molecule has 4 rings (SSSR count). The van der Waals surface area contributed by atoms with E-state index in [0.29, 0.717) is 6.54 Å². The predicted octanol–water partition coefficient (Wildman–Crippen LogP) is 3.50. The Morgan fingerprint density at radius 2 is 1.69 bits per heavy atom. The van der Waals surface area contributed by atoms with Crippen LogP contribution >= 0.6 is 0 Å². The SMILES string of the molecule is COCCC(NC(=O)OCC1c2ccccc2-c2ccccc21)C(=O)N1CC(C(=O)O)C(C)(C)C1. The van der Waals surface area contributed by atoms with Crippen molar-refractivity contribution in [3.8, 4) is 11.1 Å². The molecule has 35 heavy (non-hydrogen) atoms. The molecule has 2 aliphatic rings. The van der Waals surface area contributed by atoms with Gasteiger partial charge in [0.25, 0.3) is 0 Å². The van der Waals surface area contributed by atoms with Gasteiger partial charge in [-0.1, -0.05) is 62.4 Å². The second-order valence-corrected chi connectivity index (χ2v) is 9.90. The molecule has 8 nitrogen and oxygen atoms in total. The Kier molecular flexibility index (Phi) is 7.12. The van der Waals surface area contributed by atoms with Gasteiger partial charge in [0.1, 0.15) is 12.6 Å². The lowest BCUT2D eigenvalue weighted by atomic mass is 9.82. The first kappa shape index (κ1) is 24.7. The number of methoxy groups -OCH3 is 1. The van der Waals surface area contributed by atoms with Crippen LogP contribution in [0.4, 0.5) is 4.79 Å². The van der Waals surface area contributed by atoms with E-state index in [-0.39, 0.29) is 38.0 Å². The van der Waals surface area contributed by atoms with Crippen LogP contribution in [-0.4, -0.2) is 67.4 Å². The molecule has 2 aromatic carbocycles. The van der Waals surface area contributed by atoms with Gasteiger partial charge in [-0.05, 0) is 27.7 Å². The molecule has 0 bridgehead atoms. The molecule has 186 valence electrons. The van der Waals surface area contributed by atoms with Crippen molar-refractivity contribution in [1.29, 1.82) is 0 Å². The number of nitrogens with zero attached hydrogens (tertiary/aromatic N) is 1. The predicted molar refractivity (Wildman–Crippen MR) is 130 cm³/mol. The van der Waals surface area contributed by atoms with Crippen LogP contribution in [0.2, 0.25) is 0 Å². The Bertz CT molecular complexity index is 1070. The number of benzene rings is 2. The van der Waals surface area contributed by atoms with E-state index in [1.54, 1.807) is 0 Å². The number of carbonyl (C=O) groups excluding carboxylic acids is 2. The Morgan fingerprint density at radius 1 is 1.09 bits per heavy atom. The van der Waals surface area contributed by atoms with Crippen molar-refractivity contribution in [2.45, 2.75) is 32.2 Å². The Morgan fingerprint density at radius 3 is 2.23 bits per heavy atom. The fourth-order valence-corrected chi connectivity index (χ4v) is 5.21. The molecule has 0 aromatic heterocycles. The van der Waals surface area contributed by atoms with Gasteiger partial charge in [-0.15, -0.1) is 0 Å². The number of likely N-dealkylation sites (tertiary alicyclic amines) is 1. The molecular formula is C27H32N2O6. The van der Waals surface area contributed by atoms with E-state index >= 15 is 0 Å². The second kappa shape index (κ2) is 10.1. The number of amides is 2. The smallest absolute Gasteiger partial charge is 0.407 e. The van der Waals surface area contributed by atoms with Gasteiger partial charge in [-0.25, -0.2) is 4.79 Å². The molecule has 2 N–H and O–H groups in total. The number of fused-ring (bicyclic) bond motifs is 3. The van der Waals surface area contributed by atoms with E-state index in [1.807, 2.05) is 50.2 Å². The summed E-state index contributed by atoms with van der Waals surface area (Å²) in [6.07, 6.45) is -0.427. The van der Waals surface area contributed by atoms with Gasteiger partial charge in [0, 0.05) is 39.1 Å². The lowest BCUT2D eigenvalue weighted by Crippen LogP contribution is -2.49. The van der Waals surface area contributed by atoms with Crippen molar-refractivity contribution in [3.05, 3.63) is 59.7 Å². The number of rotatable bonds is 8. The number of nitrogens with one attached hydrogen (secondary N) is 1. The zero-order chi connectivity index (χ0) is 25.2. The molecule has 1 aliphatic carbocycles. The van der Waals surface area contributed by atoms with Crippen LogP contribution in [0.15, 0.2) is 48.5 Å². The van der Waals surface area contributed by atoms with Gasteiger partial charge in [-0.3, -0.25) is 9.59 Å². The van der Waals surface area contributed by atoms with E-state index in [2.05, 4.69) is 17.4 Å². The van der Waals surface area contributed by atoms with E-state index < -0.39 is 29.4 Å². The van der Waals surface area contributed by atoms with Gasteiger partial charge in [-0.2, -0.15) is 0 Å². The first-order valence-electron chi connectivity index (χ1n) is 11.8. The maximum Gasteiger partial charge on any atom is 0.407 e. The number of hydrogen-bond acceptors (Lipinski definition) is 5. The Labute approximate surface area is 205 Å². The monoisotopic (exact) mass is 480 g/mol. The van der Waals surface area contributed by atoms with Crippen LogP contribution in [0.5, 0.6) is 0 Å². The molecule has 1 saturated heterocycles. The highest BCUT2D eigenvalue weighted by Crippen LogP contribution is 2.44. The van der Waals surface area contributed by atoms with Crippen LogP contribution in [-0.2, 0) is 19.1 Å². The number of carbonyl (C=O) groups is 3. The summed E-state index contributed by atoms with van der Waals surface area (Å²) in [6, 6.07) is 15.3. The normalized spacial score (nSPS) is 19.1. The summed E-state index contributed by atoms with van der Waals surface area (Å²) < 4.78 is 10.7. The van der Waals surface area contributed by atoms with Crippen molar-refractivity contribution in [2.24, 2.45) is 11.3 Å². The molecule has 2 atom stereocenters. The molecule has 8 heteroatoms. The van der Waals surface area contributed by atoms with Crippen molar-refractivity contribution in [1.82, 2.24) is 10.2 Å². The quantitative estimate of drug-likeness (QED) is 0.599. The molecule has 0 spiro atoms. The number of ether oxygens (including phenoxy) is 2. The summed E-state index contributed by atoms with van der Waals surface area (Å²) in [5, 5.41) is 12.2. The summed E-state index contributed by atoms with van der Waals surface area (Å²) in [5.41, 5.74) is 3.92. The zero-order valence-electron chi connectivity index (χ0n) is 20.3. The zero-order valence-corrected chi connectivity index (χ0v) is 20.3. The fraction of sp³-hybridized carbons (Fsp3) is 0.444. The molecule has 1 heterocycles. The van der Waals surface area contributed by atoms with Crippen molar-refractivity contribution >= 4 is 18.0 Å². The number of hydrogen-bond donors (Lipinski definition) is 2. The molecule has 0 radical (unpaired) electrons. The molecule has 1 aliphatic heterocycles. The van der Waals surface area contributed by atoms with Crippen molar-refractivity contribution in [3.63, 3.8) is 0 Å². The molecular weight excluding hydrogens is 448 g/mol. The lowest BCUT2D eigenvalue weighted by molar-refractivity contribution is -0.144. The largest absolute Gasteiger partial charge is 0.481 e. The van der Waals surface area contributed by atoms with Gasteiger partial charge in [0.05, 0.1) is 5.92 Å². The lowest BCUT2D eigenvalue weighted by Gasteiger charge is -2.25. The minimum absolute atomic E-state index is 0.0861. The third-order valence-corrected chi connectivity index (χ3v) is 7.10. The van der Waals surface area contributed by atoms with Crippen LogP contribution < -0.4 is 5.32 Å². The molecule has 0 saturated carbocycles. The van der Waals surface area contributed by atoms with Crippen molar-refractivity contribution in [2.75, 3.05) is 33.4 Å². The molecule has 2 amide bonds. The summed E-state index contributed by atoms with van der Waals surface area (Å²) in [6.45, 7) is 4.49. The van der Waals surface area contributed by atoms with E-state index in [1.165, 1.54) is 12.0 Å². The Balaban J connectivity index is 1.42.